The molecule has 4 aromatic rings. The van der Waals surface area contributed by atoms with Gasteiger partial charge in [-0.25, -0.2) is 4.79 Å². The number of aryl methyl sites for hydroxylation is 1. The van der Waals surface area contributed by atoms with Crippen LogP contribution in [0.25, 0.3) is 5.69 Å². The molecule has 0 saturated carbocycles. The minimum Gasteiger partial charge on any atom is -0.488 e. The Hall–Kier alpha value is -3.25. The molecule has 0 saturated heterocycles. The molecule has 0 fully saturated rings. The van der Waals surface area contributed by atoms with Gasteiger partial charge in [-0.05, 0) is 67.9 Å². The van der Waals surface area contributed by atoms with E-state index in [1.165, 1.54) is 0 Å². The van der Waals surface area contributed by atoms with Gasteiger partial charge in [-0.1, -0.05) is 59.1 Å². The van der Waals surface area contributed by atoms with E-state index >= 15 is 0 Å². The van der Waals surface area contributed by atoms with Crippen LogP contribution in [0.3, 0.4) is 0 Å². The number of aromatic nitrogens is 1. The van der Waals surface area contributed by atoms with Gasteiger partial charge < -0.3 is 14.0 Å². The van der Waals surface area contributed by atoms with Crippen LogP contribution in [0.2, 0.25) is 15.1 Å². The van der Waals surface area contributed by atoms with E-state index < -0.39 is 12.6 Å². The summed E-state index contributed by atoms with van der Waals surface area (Å²) in [6.07, 6.45) is 0. The van der Waals surface area contributed by atoms with Crippen molar-refractivity contribution in [2.75, 3.05) is 6.61 Å². The second-order valence-corrected chi connectivity index (χ2v) is 9.38. The number of Topliss-reactive ketones (excluding diaryl/α,β-unsaturated/α-hetero) is 1. The third-order valence-electron chi connectivity index (χ3n) is 5.64. The molecule has 5 nitrogen and oxygen atoms in total. The first-order valence-electron chi connectivity index (χ1n) is 11.1. The van der Waals surface area contributed by atoms with Crippen LogP contribution in [0.15, 0.2) is 72.8 Å². The Kier molecular flexibility index (Phi) is 8.04. The molecule has 184 valence electrons. The number of carbonyl (C=O) groups excluding carboxylic acids is 2. The normalized spacial score (nSPS) is 10.8. The first-order valence-corrected chi connectivity index (χ1v) is 12.2. The van der Waals surface area contributed by atoms with Crippen molar-refractivity contribution in [1.29, 1.82) is 0 Å². The van der Waals surface area contributed by atoms with E-state index in [1.54, 1.807) is 54.6 Å². The lowest BCUT2D eigenvalue weighted by Crippen LogP contribution is -2.16. The Bertz CT molecular complexity index is 1430. The van der Waals surface area contributed by atoms with Crippen molar-refractivity contribution < 1.29 is 19.1 Å². The first-order chi connectivity index (χ1) is 17.2. The summed E-state index contributed by atoms with van der Waals surface area (Å²) in [5, 5.41) is 1.49. The quantitative estimate of drug-likeness (QED) is 0.169. The Morgan fingerprint density at radius 2 is 1.56 bits per heavy atom. The number of benzene rings is 3. The lowest BCUT2D eigenvalue weighted by molar-refractivity contribution is 0.0470. The van der Waals surface area contributed by atoms with Gasteiger partial charge in [-0.3, -0.25) is 4.79 Å². The molecule has 4 rings (SSSR count). The summed E-state index contributed by atoms with van der Waals surface area (Å²) in [4.78, 5) is 25.8. The van der Waals surface area contributed by atoms with Crippen molar-refractivity contribution >= 4 is 46.6 Å². The molecular formula is C28H22Cl3NO4. The largest absolute Gasteiger partial charge is 0.488 e. The summed E-state index contributed by atoms with van der Waals surface area (Å²) in [6, 6.07) is 21.0. The lowest BCUT2D eigenvalue weighted by Gasteiger charge is -2.12. The minimum absolute atomic E-state index is 0.237. The summed E-state index contributed by atoms with van der Waals surface area (Å²) in [7, 11) is 0. The number of ketones is 1. The summed E-state index contributed by atoms with van der Waals surface area (Å²) < 4.78 is 13.1. The maximum absolute atomic E-state index is 13.0. The second-order valence-electron chi connectivity index (χ2n) is 8.13. The average molecular weight is 543 g/mol. The number of para-hydroxylation sites is 1. The summed E-state index contributed by atoms with van der Waals surface area (Å²) >= 11 is 18.1. The van der Waals surface area contributed by atoms with E-state index in [-0.39, 0.29) is 18.0 Å². The summed E-state index contributed by atoms with van der Waals surface area (Å²) in [6.45, 7) is 3.55. The van der Waals surface area contributed by atoms with Gasteiger partial charge in [-0.15, -0.1) is 0 Å². The van der Waals surface area contributed by atoms with Crippen molar-refractivity contribution in [3.8, 4) is 11.4 Å². The topological polar surface area (TPSA) is 57.5 Å². The van der Waals surface area contributed by atoms with Gasteiger partial charge in [0.25, 0.3) is 0 Å². The maximum Gasteiger partial charge on any atom is 0.342 e. The Balaban J connectivity index is 1.45. The van der Waals surface area contributed by atoms with Crippen LogP contribution in [0, 0.1) is 13.8 Å². The van der Waals surface area contributed by atoms with Crippen LogP contribution in [0.4, 0.5) is 0 Å². The van der Waals surface area contributed by atoms with Gasteiger partial charge in [0.1, 0.15) is 17.9 Å². The molecule has 1 aromatic heterocycles. The zero-order valence-corrected chi connectivity index (χ0v) is 21.8. The number of carbonyl (C=O) groups is 2. The first kappa shape index (κ1) is 25.8. The Morgan fingerprint density at radius 3 is 2.28 bits per heavy atom. The SMILES string of the molecule is Cc1cc(C(=O)COC(=O)c2ccccc2OCc2ccc(Cl)cc2)c(C)n1-c1ccc(Cl)c(Cl)c1. The molecule has 1 heterocycles. The Labute approximate surface area is 224 Å². The predicted molar refractivity (Wildman–Crippen MR) is 142 cm³/mol. The van der Waals surface area contributed by atoms with E-state index in [0.717, 1.165) is 16.9 Å². The third-order valence-corrected chi connectivity index (χ3v) is 6.63. The monoisotopic (exact) mass is 541 g/mol. The van der Waals surface area contributed by atoms with E-state index in [4.69, 9.17) is 44.3 Å². The van der Waals surface area contributed by atoms with E-state index in [2.05, 4.69) is 0 Å². The molecule has 0 spiro atoms. The van der Waals surface area contributed by atoms with Gasteiger partial charge in [0.2, 0.25) is 5.78 Å². The smallest absolute Gasteiger partial charge is 0.342 e. The molecular weight excluding hydrogens is 521 g/mol. The molecule has 0 unspecified atom stereocenters. The van der Waals surface area contributed by atoms with Crippen molar-refractivity contribution in [3.63, 3.8) is 0 Å². The molecule has 0 radical (unpaired) electrons. The molecule has 0 amide bonds. The van der Waals surface area contributed by atoms with Gasteiger partial charge in [0.15, 0.2) is 6.61 Å². The average Bonchev–Trinajstić information content (AvgIpc) is 3.17. The zero-order chi connectivity index (χ0) is 25.8. The number of hydrogen-bond donors (Lipinski definition) is 0. The molecule has 8 heteroatoms. The highest BCUT2D eigenvalue weighted by Crippen LogP contribution is 2.28. The molecule has 36 heavy (non-hydrogen) atoms. The van der Waals surface area contributed by atoms with E-state index in [0.29, 0.717) is 32.1 Å². The molecule has 3 aromatic carbocycles. The van der Waals surface area contributed by atoms with Crippen molar-refractivity contribution in [1.82, 2.24) is 4.57 Å². The fourth-order valence-electron chi connectivity index (χ4n) is 3.86. The molecule has 0 bridgehead atoms. The van der Waals surface area contributed by atoms with Crippen LogP contribution >= 0.6 is 34.8 Å². The van der Waals surface area contributed by atoms with Crippen LogP contribution in [-0.4, -0.2) is 22.9 Å². The molecule has 0 aliphatic carbocycles. The van der Waals surface area contributed by atoms with Crippen molar-refractivity contribution in [3.05, 3.63) is 116 Å². The van der Waals surface area contributed by atoms with E-state index in [1.807, 2.05) is 36.6 Å². The number of halogens is 3. The number of nitrogens with zero attached hydrogens (tertiary/aromatic N) is 1. The van der Waals surface area contributed by atoms with Gasteiger partial charge in [0.05, 0.1) is 10.0 Å². The fourth-order valence-corrected chi connectivity index (χ4v) is 4.27. The predicted octanol–water partition coefficient (Wildman–Crippen LogP) is 7.67. The number of ether oxygens (including phenoxy) is 2. The fraction of sp³-hybridized carbons (Fsp3) is 0.143. The maximum atomic E-state index is 13.0. The standard InChI is InChI=1S/C28H22Cl3NO4/c1-17-13-23(18(2)32(17)21-11-12-24(30)25(31)14-21)26(33)16-36-28(34)22-5-3-4-6-27(22)35-15-19-7-9-20(29)10-8-19/h3-14H,15-16H2,1-2H3. The van der Waals surface area contributed by atoms with Crippen molar-refractivity contribution in [2.45, 2.75) is 20.5 Å². The third kappa shape index (κ3) is 5.76. The second kappa shape index (κ2) is 11.2. The highest BCUT2D eigenvalue weighted by Gasteiger charge is 2.20. The summed E-state index contributed by atoms with van der Waals surface area (Å²) in [5.74, 6) is -0.599. The van der Waals surface area contributed by atoms with Gasteiger partial charge >= 0.3 is 5.97 Å². The number of esters is 1. The van der Waals surface area contributed by atoms with Crippen LogP contribution in [0.1, 0.15) is 37.7 Å². The van der Waals surface area contributed by atoms with Crippen molar-refractivity contribution in [2.24, 2.45) is 0 Å². The highest BCUT2D eigenvalue weighted by molar-refractivity contribution is 6.42. The van der Waals surface area contributed by atoms with Gasteiger partial charge in [0, 0.05) is 27.7 Å². The van der Waals surface area contributed by atoms with Crippen LogP contribution in [0.5, 0.6) is 5.75 Å². The van der Waals surface area contributed by atoms with Crippen LogP contribution in [-0.2, 0) is 11.3 Å². The molecule has 0 atom stereocenters. The minimum atomic E-state index is -0.645. The lowest BCUT2D eigenvalue weighted by atomic mass is 10.1. The van der Waals surface area contributed by atoms with E-state index in [9.17, 15) is 9.59 Å². The highest BCUT2D eigenvalue weighted by atomic mass is 35.5. The zero-order valence-electron chi connectivity index (χ0n) is 19.6. The molecule has 0 N–H and O–H groups in total. The van der Waals surface area contributed by atoms with Gasteiger partial charge in [-0.2, -0.15) is 0 Å². The number of hydrogen-bond acceptors (Lipinski definition) is 4. The Morgan fingerprint density at radius 1 is 0.833 bits per heavy atom. The van der Waals surface area contributed by atoms with Crippen LogP contribution < -0.4 is 4.74 Å². The molecule has 0 aliphatic heterocycles. The number of rotatable bonds is 8. The summed E-state index contributed by atoms with van der Waals surface area (Å²) in [5.41, 5.74) is 3.91. The molecule has 0 aliphatic rings.